The van der Waals surface area contributed by atoms with Crippen LogP contribution in [0.5, 0.6) is 0 Å². The molecule has 90 valence electrons. The molecule has 3 nitrogen and oxygen atoms in total. The van der Waals surface area contributed by atoms with E-state index in [0.717, 1.165) is 12.8 Å². The Kier molecular flexibility index (Phi) is 3.37. The second-order valence-corrected chi connectivity index (χ2v) is 7.57. The van der Waals surface area contributed by atoms with E-state index in [-0.39, 0.29) is 6.04 Å². The molecule has 0 spiro atoms. The second-order valence-electron chi connectivity index (χ2n) is 4.50. The van der Waals surface area contributed by atoms with Gasteiger partial charge in [0.1, 0.15) is 4.21 Å². The molecular weight excluding hydrogens is 242 g/mol. The Hall–Kier alpha value is -0.390. The van der Waals surface area contributed by atoms with E-state index < -0.39 is 10.0 Å². The smallest absolute Gasteiger partial charge is 0.206 e. The van der Waals surface area contributed by atoms with Gasteiger partial charge in [-0.25, -0.2) is 8.42 Å². The van der Waals surface area contributed by atoms with Gasteiger partial charge in [0.05, 0.1) is 0 Å². The van der Waals surface area contributed by atoms with Crippen molar-refractivity contribution in [1.82, 2.24) is 4.31 Å². The van der Waals surface area contributed by atoms with Crippen LogP contribution >= 0.6 is 11.3 Å². The molecule has 1 unspecified atom stereocenters. The highest BCUT2D eigenvalue weighted by atomic mass is 32.2. The normalized spacial score (nSPS) is 23.1. The summed E-state index contributed by atoms with van der Waals surface area (Å²) in [4.78, 5) is 0. The van der Waals surface area contributed by atoms with Gasteiger partial charge in [-0.15, -0.1) is 11.3 Å². The van der Waals surface area contributed by atoms with Crippen molar-refractivity contribution in [3.8, 4) is 0 Å². The molecule has 1 aliphatic rings. The fourth-order valence-electron chi connectivity index (χ4n) is 2.26. The molecule has 5 heteroatoms. The first-order chi connectivity index (χ1) is 7.53. The van der Waals surface area contributed by atoms with E-state index in [2.05, 4.69) is 13.8 Å². The Labute approximate surface area is 101 Å². The van der Waals surface area contributed by atoms with Crippen LogP contribution in [0.3, 0.4) is 0 Å². The van der Waals surface area contributed by atoms with Gasteiger partial charge in [-0.1, -0.05) is 19.9 Å². The number of rotatable bonds is 3. The summed E-state index contributed by atoms with van der Waals surface area (Å²) in [5.41, 5.74) is 0. The summed E-state index contributed by atoms with van der Waals surface area (Å²) < 4.78 is 26.8. The van der Waals surface area contributed by atoms with E-state index >= 15 is 0 Å². The van der Waals surface area contributed by atoms with Crippen molar-refractivity contribution in [3.05, 3.63) is 17.5 Å². The Morgan fingerprint density at radius 2 is 2.25 bits per heavy atom. The summed E-state index contributed by atoms with van der Waals surface area (Å²) in [5, 5.41) is 1.81. The quantitative estimate of drug-likeness (QED) is 0.836. The van der Waals surface area contributed by atoms with Crippen LogP contribution in [0.4, 0.5) is 0 Å². The largest absolute Gasteiger partial charge is 0.252 e. The Morgan fingerprint density at radius 3 is 2.81 bits per heavy atom. The van der Waals surface area contributed by atoms with E-state index in [1.165, 1.54) is 11.3 Å². The van der Waals surface area contributed by atoms with Gasteiger partial charge in [-0.2, -0.15) is 4.31 Å². The van der Waals surface area contributed by atoms with Crippen molar-refractivity contribution in [2.24, 2.45) is 5.92 Å². The molecule has 0 N–H and O–H groups in total. The minimum absolute atomic E-state index is 0.173. The predicted octanol–water partition coefficient (Wildman–Crippen LogP) is 2.56. The zero-order chi connectivity index (χ0) is 11.8. The monoisotopic (exact) mass is 259 g/mol. The summed E-state index contributed by atoms with van der Waals surface area (Å²) in [6.45, 7) is 4.85. The molecule has 1 aromatic rings. The molecule has 1 aromatic heterocycles. The van der Waals surface area contributed by atoms with Gasteiger partial charge in [0, 0.05) is 12.6 Å². The molecule has 16 heavy (non-hydrogen) atoms. The summed E-state index contributed by atoms with van der Waals surface area (Å²) >= 11 is 1.30. The van der Waals surface area contributed by atoms with Gasteiger partial charge >= 0.3 is 0 Å². The maximum absolute atomic E-state index is 12.3. The van der Waals surface area contributed by atoms with Crippen molar-refractivity contribution < 1.29 is 8.42 Å². The van der Waals surface area contributed by atoms with Crippen molar-refractivity contribution in [2.45, 2.75) is 36.9 Å². The Balaban J connectivity index is 2.31. The van der Waals surface area contributed by atoms with Crippen molar-refractivity contribution in [1.29, 1.82) is 0 Å². The Bertz CT molecular complexity index is 437. The van der Waals surface area contributed by atoms with Crippen LogP contribution in [0.2, 0.25) is 0 Å². The van der Waals surface area contributed by atoms with Crippen LogP contribution in [0, 0.1) is 5.92 Å². The third-order valence-electron chi connectivity index (χ3n) is 3.08. The van der Waals surface area contributed by atoms with Crippen LogP contribution in [0.1, 0.15) is 26.7 Å². The van der Waals surface area contributed by atoms with Gasteiger partial charge in [-0.3, -0.25) is 0 Å². The lowest BCUT2D eigenvalue weighted by Crippen LogP contribution is -2.38. The lowest BCUT2D eigenvalue weighted by molar-refractivity contribution is 0.316. The number of sulfonamides is 1. The third kappa shape index (κ3) is 2.04. The van der Waals surface area contributed by atoms with Crippen molar-refractivity contribution >= 4 is 21.4 Å². The van der Waals surface area contributed by atoms with Crippen LogP contribution in [0.15, 0.2) is 21.7 Å². The standard InChI is InChI=1S/C11H17NO2S2/c1-9(2)10-5-3-7-12(10)16(13,14)11-6-4-8-15-11/h4,6,8-10H,3,5,7H2,1-2H3. The fourth-order valence-corrected chi connectivity index (χ4v) is 5.20. The van der Waals surface area contributed by atoms with Crippen LogP contribution in [-0.2, 0) is 10.0 Å². The first-order valence-electron chi connectivity index (χ1n) is 5.59. The maximum Gasteiger partial charge on any atom is 0.252 e. The summed E-state index contributed by atoms with van der Waals surface area (Å²) in [5.74, 6) is 0.386. The van der Waals surface area contributed by atoms with Gasteiger partial charge in [-0.05, 0) is 30.2 Å². The zero-order valence-corrected chi connectivity index (χ0v) is 11.2. The molecule has 2 rings (SSSR count). The molecule has 0 saturated carbocycles. The minimum Gasteiger partial charge on any atom is -0.206 e. The fraction of sp³-hybridized carbons (Fsp3) is 0.636. The molecule has 0 amide bonds. The van der Waals surface area contributed by atoms with Gasteiger partial charge in [0.2, 0.25) is 0 Å². The minimum atomic E-state index is -3.24. The summed E-state index contributed by atoms with van der Waals surface area (Å²) in [6.07, 6.45) is 1.97. The molecule has 0 aliphatic carbocycles. The lowest BCUT2D eigenvalue weighted by atomic mass is 10.0. The lowest BCUT2D eigenvalue weighted by Gasteiger charge is -2.26. The van der Waals surface area contributed by atoms with E-state index in [0.29, 0.717) is 16.7 Å². The molecule has 0 aromatic carbocycles. The van der Waals surface area contributed by atoms with E-state index in [1.54, 1.807) is 16.4 Å². The molecule has 0 radical (unpaired) electrons. The predicted molar refractivity (Wildman–Crippen MR) is 66.1 cm³/mol. The summed E-state index contributed by atoms with van der Waals surface area (Å²) in [6, 6.07) is 3.65. The highest BCUT2D eigenvalue weighted by molar-refractivity contribution is 7.91. The second kappa shape index (κ2) is 4.47. The number of thiophene rings is 1. The van der Waals surface area contributed by atoms with Crippen molar-refractivity contribution in [3.63, 3.8) is 0 Å². The number of hydrogen-bond donors (Lipinski definition) is 0. The van der Waals surface area contributed by atoms with E-state index in [1.807, 2.05) is 5.38 Å². The zero-order valence-electron chi connectivity index (χ0n) is 9.59. The first-order valence-corrected chi connectivity index (χ1v) is 7.91. The van der Waals surface area contributed by atoms with E-state index in [9.17, 15) is 8.42 Å². The molecule has 1 fully saturated rings. The molecular formula is C11H17NO2S2. The molecule has 1 saturated heterocycles. The number of hydrogen-bond acceptors (Lipinski definition) is 3. The van der Waals surface area contributed by atoms with Gasteiger partial charge < -0.3 is 0 Å². The van der Waals surface area contributed by atoms with Crippen LogP contribution in [0.25, 0.3) is 0 Å². The molecule has 2 heterocycles. The van der Waals surface area contributed by atoms with Crippen LogP contribution in [-0.4, -0.2) is 25.3 Å². The van der Waals surface area contributed by atoms with Crippen LogP contribution < -0.4 is 0 Å². The maximum atomic E-state index is 12.3. The Morgan fingerprint density at radius 1 is 1.50 bits per heavy atom. The third-order valence-corrected chi connectivity index (χ3v) is 6.37. The molecule has 1 atom stereocenters. The van der Waals surface area contributed by atoms with Crippen molar-refractivity contribution in [2.75, 3.05) is 6.54 Å². The SMILES string of the molecule is CC(C)C1CCCN1S(=O)(=O)c1cccs1. The van der Waals surface area contributed by atoms with Gasteiger partial charge in [0.15, 0.2) is 0 Å². The first kappa shape index (κ1) is 12.1. The summed E-state index contributed by atoms with van der Waals surface area (Å²) in [7, 11) is -3.24. The number of nitrogens with zero attached hydrogens (tertiary/aromatic N) is 1. The topological polar surface area (TPSA) is 37.4 Å². The molecule has 1 aliphatic heterocycles. The van der Waals surface area contributed by atoms with Gasteiger partial charge in [0.25, 0.3) is 10.0 Å². The van der Waals surface area contributed by atoms with E-state index in [4.69, 9.17) is 0 Å². The highest BCUT2D eigenvalue weighted by Crippen LogP contribution is 2.31. The molecule has 0 bridgehead atoms. The highest BCUT2D eigenvalue weighted by Gasteiger charge is 2.37. The average Bonchev–Trinajstić information content (AvgIpc) is 2.89. The average molecular weight is 259 g/mol.